The van der Waals surface area contributed by atoms with E-state index in [2.05, 4.69) is 38.3 Å². The summed E-state index contributed by atoms with van der Waals surface area (Å²) < 4.78 is 0. The average molecular weight is 214 g/mol. The lowest BCUT2D eigenvalue weighted by molar-refractivity contribution is 1.44. The van der Waals surface area contributed by atoms with Crippen molar-refractivity contribution < 1.29 is 0 Å². The molecule has 0 nitrogen and oxygen atoms in total. The zero-order chi connectivity index (χ0) is 12.6. The lowest BCUT2D eigenvalue weighted by Crippen LogP contribution is -1.81. The van der Waals surface area contributed by atoms with E-state index in [1.54, 1.807) is 0 Å². The molecule has 0 aromatic heterocycles. The molecule has 0 fully saturated rings. The first-order valence-corrected chi connectivity index (χ1v) is 5.51. The Morgan fingerprint density at radius 2 is 1.44 bits per heavy atom. The van der Waals surface area contributed by atoms with Crippen LogP contribution in [0, 0.1) is 0 Å². The van der Waals surface area contributed by atoms with Gasteiger partial charge in [-0.3, -0.25) is 0 Å². The predicted molar refractivity (Wildman–Crippen MR) is 75.4 cm³/mol. The molecule has 0 bridgehead atoms. The summed E-state index contributed by atoms with van der Waals surface area (Å²) in [4.78, 5) is 0. The fraction of sp³-hybridized carbons (Fsp3) is 0.250. The Balaban J connectivity index is 4.70. The molecule has 0 rings (SSSR count). The molecule has 0 radical (unpaired) electrons. The van der Waals surface area contributed by atoms with Crippen LogP contribution in [0.5, 0.6) is 0 Å². The molecule has 0 N–H and O–H groups in total. The van der Waals surface area contributed by atoms with Gasteiger partial charge in [-0.05, 0) is 38.8 Å². The molecule has 0 heteroatoms. The van der Waals surface area contributed by atoms with E-state index in [-0.39, 0.29) is 0 Å². The molecule has 0 aromatic carbocycles. The summed E-state index contributed by atoms with van der Waals surface area (Å²) in [7, 11) is 0. The van der Waals surface area contributed by atoms with Crippen molar-refractivity contribution in [2.45, 2.75) is 27.7 Å². The van der Waals surface area contributed by atoms with Crippen LogP contribution in [0.1, 0.15) is 27.7 Å². The third kappa shape index (κ3) is 6.02. The van der Waals surface area contributed by atoms with Crippen LogP contribution in [0.2, 0.25) is 0 Å². The first-order chi connectivity index (χ1) is 7.51. The third-order valence-electron chi connectivity index (χ3n) is 2.23. The number of hydrogen-bond acceptors (Lipinski definition) is 0. The third-order valence-corrected chi connectivity index (χ3v) is 2.23. The van der Waals surface area contributed by atoms with E-state index in [9.17, 15) is 0 Å². The molecule has 0 aliphatic carbocycles. The van der Waals surface area contributed by atoms with E-state index in [1.165, 1.54) is 5.57 Å². The molecular weight excluding hydrogens is 192 g/mol. The molecular formula is C16H22. The molecule has 0 saturated heterocycles. The van der Waals surface area contributed by atoms with Crippen LogP contribution in [0.15, 0.2) is 71.9 Å². The van der Waals surface area contributed by atoms with Crippen molar-refractivity contribution in [3.8, 4) is 0 Å². The zero-order valence-electron chi connectivity index (χ0n) is 10.9. The van der Waals surface area contributed by atoms with E-state index >= 15 is 0 Å². The summed E-state index contributed by atoms with van der Waals surface area (Å²) in [5.41, 5.74) is 4.42. The second-order valence-electron chi connectivity index (χ2n) is 3.81. The van der Waals surface area contributed by atoms with Gasteiger partial charge in [0.25, 0.3) is 0 Å². The van der Waals surface area contributed by atoms with Gasteiger partial charge in [0.15, 0.2) is 0 Å². The van der Waals surface area contributed by atoms with Crippen LogP contribution in [0.3, 0.4) is 0 Å². The molecule has 0 aliphatic heterocycles. The van der Waals surface area contributed by atoms with Crippen LogP contribution < -0.4 is 0 Å². The Hall–Kier alpha value is -1.56. The topological polar surface area (TPSA) is 0 Å². The average Bonchev–Trinajstić information content (AvgIpc) is 2.26. The number of rotatable bonds is 5. The molecule has 86 valence electrons. The highest BCUT2D eigenvalue weighted by atomic mass is 14.0. The molecule has 0 unspecified atom stereocenters. The van der Waals surface area contributed by atoms with Gasteiger partial charge in [0.05, 0.1) is 0 Å². The molecule has 0 saturated carbocycles. The van der Waals surface area contributed by atoms with Crippen molar-refractivity contribution in [1.82, 2.24) is 0 Å². The van der Waals surface area contributed by atoms with E-state index in [0.29, 0.717) is 0 Å². The Kier molecular flexibility index (Phi) is 6.95. The molecule has 0 spiro atoms. The minimum Gasteiger partial charge on any atom is -0.0961 e. The second-order valence-corrected chi connectivity index (χ2v) is 3.81. The van der Waals surface area contributed by atoms with E-state index < -0.39 is 0 Å². The zero-order valence-corrected chi connectivity index (χ0v) is 10.9. The van der Waals surface area contributed by atoms with Gasteiger partial charge < -0.3 is 0 Å². The first kappa shape index (κ1) is 14.4. The maximum absolute atomic E-state index is 4.05. The summed E-state index contributed by atoms with van der Waals surface area (Å²) >= 11 is 0. The first-order valence-electron chi connectivity index (χ1n) is 5.51. The Morgan fingerprint density at radius 3 is 1.88 bits per heavy atom. The van der Waals surface area contributed by atoms with Crippen LogP contribution in [0.25, 0.3) is 0 Å². The molecule has 0 aromatic rings. The second kappa shape index (κ2) is 7.70. The van der Waals surface area contributed by atoms with Gasteiger partial charge in [-0.15, -0.1) is 0 Å². The van der Waals surface area contributed by atoms with Crippen molar-refractivity contribution >= 4 is 0 Å². The van der Waals surface area contributed by atoms with Gasteiger partial charge >= 0.3 is 0 Å². The molecule has 16 heavy (non-hydrogen) atoms. The number of hydrogen-bond donors (Lipinski definition) is 0. The van der Waals surface area contributed by atoms with Gasteiger partial charge in [0, 0.05) is 0 Å². The van der Waals surface area contributed by atoms with E-state index in [4.69, 9.17) is 0 Å². The smallest absolute Gasteiger partial charge is 0.0233 e. The fourth-order valence-corrected chi connectivity index (χ4v) is 1.05. The summed E-state index contributed by atoms with van der Waals surface area (Å²) in [5, 5.41) is 0. The minimum atomic E-state index is 1.02. The summed E-state index contributed by atoms with van der Waals surface area (Å²) in [6.45, 7) is 16.0. The highest BCUT2D eigenvalue weighted by Gasteiger charge is 1.93. The highest BCUT2D eigenvalue weighted by Crippen LogP contribution is 2.13. The van der Waals surface area contributed by atoms with E-state index in [0.717, 1.165) is 16.7 Å². The van der Waals surface area contributed by atoms with Gasteiger partial charge in [-0.2, -0.15) is 0 Å². The van der Waals surface area contributed by atoms with Crippen molar-refractivity contribution in [3.05, 3.63) is 71.9 Å². The van der Waals surface area contributed by atoms with Crippen molar-refractivity contribution in [3.63, 3.8) is 0 Å². The predicted octanol–water partition coefficient (Wildman–Crippen LogP) is 5.14. The fourth-order valence-electron chi connectivity index (χ4n) is 1.05. The standard InChI is InChI=1S/C16H22/c1-7-14(5)10-11-15(6)16(8-2)12-9-13(3)4/h7-12H,3,6H2,1-2,4-5H3/b11-10-,12-9-,14-7-,16-8+. The quantitative estimate of drug-likeness (QED) is 0.556. The van der Waals surface area contributed by atoms with Gasteiger partial charge in [0.2, 0.25) is 0 Å². The van der Waals surface area contributed by atoms with Crippen molar-refractivity contribution in [2.75, 3.05) is 0 Å². The van der Waals surface area contributed by atoms with Crippen molar-refractivity contribution in [2.24, 2.45) is 0 Å². The van der Waals surface area contributed by atoms with Crippen molar-refractivity contribution in [1.29, 1.82) is 0 Å². The number of allylic oxidation sites excluding steroid dienone is 10. The Bertz CT molecular complexity index is 371. The van der Waals surface area contributed by atoms with Crippen LogP contribution in [0.4, 0.5) is 0 Å². The lowest BCUT2D eigenvalue weighted by Gasteiger charge is -2.01. The maximum atomic E-state index is 4.05. The molecule has 0 amide bonds. The Morgan fingerprint density at radius 1 is 0.812 bits per heavy atom. The maximum Gasteiger partial charge on any atom is -0.0233 e. The van der Waals surface area contributed by atoms with Crippen LogP contribution in [-0.4, -0.2) is 0 Å². The van der Waals surface area contributed by atoms with Crippen LogP contribution >= 0.6 is 0 Å². The summed E-state index contributed by atoms with van der Waals surface area (Å²) in [5.74, 6) is 0. The van der Waals surface area contributed by atoms with Crippen LogP contribution in [-0.2, 0) is 0 Å². The van der Waals surface area contributed by atoms with Gasteiger partial charge in [0.1, 0.15) is 0 Å². The van der Waals surface area contributed by atoms with Gasteiger partial charge in [-0.25, -0.2) is 0 Å². The largest absolute Gasteiger partial charge is 0.0961 e. The Labute approximate surface area is 100 Å². The minimum absolute atomic E-state index is 1.02. The summed E-state index contributed by atoms with van der Waals surface area (Å²) in [6, 6.07) is 0. The SMILES string of the molecule is C=C(C)/C=C\C(=C/C)C(=C)/C=C\C(C)=C/C. The molecule has 0 heterocycles. The van der Waals surface area contributed by atoms with Gasteiger partial charge in [-0.1, -0.05) is 60.8 Å². The lowest BCUT2D eigenvalue weighted by atomic mass is 10.0. The molecule has 0 aliphatic rings. The normalized spacial score (nSPS) is 13.8. The highest BCUT2D eigenvalue weighted by molar-refractivity contribution is 5.46. The summed E-state index contributed by atoms with van der Waals surface area (Å²) in [6.07, 6.45) is 12.3. The molecule has 0 atom stereocenters. The van der Waals surface area contributed by atoms with E-state index in [1.807, 2.05) is 39.0 Å². The monoisotopic (exact) mass is 214 g/mol.